The van der Waals surface area contributed by atoms with E-state index >= 15 is 0 Å². The Kier molecular flexibility index (Phi) is 5.78. The van der Waals surface area contributed by atoms with Gasteiger partial charge >= 0.3 is 0 Å². The molecule has 1 aromatic carbocycles. The summed E-state index contributed by atoms with van der Waals surface area (Å²) in [6.07, 6.45) is 2.71. The van der Waals surface area contributed by atoms with Gasteiger partial charge in [0.2, 0.25) is 0 Å². The number of morpholine rings is 1. The number of benzene rings is 1. The quantitative estimate of drug-likeness (QED) is 0.854. The predicted molar refractivity (Wildman–Crippen MR) is 93.8 cm³/mol. The predicted octanol–water partition coefficient (Wildman–Crippen LogP) is 1.24. The van der Waals surface area contributed by atoms with Gasteiger partial charge in [-0.25, -0.2) is 9.67 Å². The highest BCUT2D eigenvalue weighted by Gasteiger charge is 2.28. The summed E-state index contributed by atoms with van der Waals surface area (Å²) in [5.41, 5.74) is 1.25. The number of hydrogen-bond donors (Lipinski definition) is 1. The minimum Gasteiger partial charge on any atom is -0.366 e. The summed E-state index contributed by atoms with van der Waals surface area (Å²) in [4.78, 5) is 18.8. The topological polar surface area (TPSA) is 72.3 Å². The average Bonchev–Trinajstić information content (AvgIpc) is 3.16. The van der Waals surface area contributed by atoms with Crippen LogP contribution >= 0.6 is 0 Å². The van der Waals surface area contributed by atoms with E-state index in [-0.39, 0.29) is 18.0 Å². The molecule has 3 atom stereocenters. The molecule has 1 fully saturated rings. The third-order valence-corrected chi connectivity index (χ3v) is 4.64. The van der Waals surface area contributed by atoms with Crippen LogP contribution in [0.1, 0.15) is 25.5 Å². The van der Waals surface area contributed by atoms with E-state index in [1.54, 1.807) is 11.0 Å². The van der Waals surface area contributed by atoms with Crippen LogP contribution < -0.4 is 5.32 Å². The molecule has 134 valence electrons. The van der Waals surface area contributed by atoms with Gasteiger partial charge in [-0.2, -0.15) is 5.10 Å². The lowest BCUT2D eigenvalue weighted by Gasteiger charge is -2.33. The highest BCUT2D eigenvalue weighted by molar-refractivity contribution is 5.81. The molecule has 0 aliphatic carbocycles. The Morgan fingerprint density at radius 2 is 2.16 bits per heavy atom. The van der Waals surface area contributed by atoms with Crippen LogP contribution in [-0.4, -0.2) is 57.4 Å². The van der Waals surface area contributed by atoms with Crippen LogP contribution in [0.2, 0.25) is 0 Å². The van der Waals surface area contributed by atoms with Crippen molar-refractivity contribution in [2.75, 3.05) is 19.7 Å². The van der Waals surface area contributed by atoms with E-state index in [4.69, 9.17) is 4.74 Å². The molecule has 1 aliphatic heterocycles. The van der Waals surface area contributed by atoms with E-state index in [0.29, 0.717) is 13.2 Å². The van der Waals surface area contributed by atoms with Gasteiger partial charge in [-0.1, -0.05) is 30.3 Å². The van der Waals surface area contributed by atoms with Crippen LogP contribution in [0.15, 0.2) is 43.0 Å². The summed E-state index contributed by atoms with van der Waals surface area (Å²) in [5, 5.41) is 7.17. The number of hydrogen-bond acceptors (Lipinski definition) is 5. The zero-order valence-corrected chi connectivity index (χ0v) is 14.7. The monoisotopic (exact) mass is 343 g/mol. The van der Waals surface area contributed by atoms with Crippen LogP contribution in [0.25, 0.3) is 0 Å². The molecule has 0 bridgehead atoms. The smallest absolute Gasteiger partial charge is 0.250 e. The fourth-order valence-electron chi connectivity index (χ4n) is 2.94. The maximum absolute atomic E-state index is 12.6. The van der Waals surface area contributed by atoms with Crippen LogP contribution in [0.5, 0.6) is 0 Å². The van der Waals surface area contributed by atoms with E-state index in [1.807, 2.05) is 32.0 Å². The van der Waals surface area contributed by atoms with Gasteiger partial charge in [0.1, 0.15) is 18.8 Å². The second kappa shape index (κ2) is 8.22. The molecule has 3 unspecified atom stereocenters. The molecule has 7 nitrogen and oxygen atoms in total. The van der Waals surface area contributed by atoms with E-state index in [0.717, 1.165) is 13.1 Å². The van der Waals surface area contributed by atoms with E-state index < -0.39 is 6.10 Å². The van der Waals surface area contributed by atoms with Crippen molar-refractivity contribution in [1.82, 2.24) is 25.0 Å². The van der Waals surface area contributed by atoms with Gasteiger partial charge in [-0.15, -0.1) is 0 Å². The molecule has 3 rings (SSSR count). The molecule has 0 spiro atoms. The van der Waals surface area contributed by atoms with Crippen LogP contribution in [0.3, 0.4) is 0 Å². The number of carbonyl (C=O) groups excluding carboxylic acids is 1. The second-order valence-electron chi connectivity index (χ2n) is 6.49. The second-order valence-corrected chi connectivity index (χ2v) is 6.49. The molecule has 1 aromatic heterocycles. The van der Waals surface area contributed by atoms with Gasteiger partial charge in [0.05, 0.1) is 12.6 Å². The van der Waals surface area contributed by atoms with Crippen LogP contribution in [-0.2, 0) is 16.1 Å². The first kappa shape index (κ1) is 17.6. The molecule has 2 aromatic rings. The van der Waals surface area contributed by atoms with Crippen molar-refractivity contribution in [3.63, 3.8) is 0 Å². The Morgan fingerprint density at radius 3 is 2.88 bits per heavy atom. The van der Waals surface area contributed by atoms with Crippen molar-refractivity contribution in [3.05, 3.63) is 48.5 Å². The normalized spacial score (nSPS) is 20.8. The first-order valence-corrected chi connectivity index (χ1v) is 8.66. The first-order chi connectivity index (χ1) is 12.1. The van der Waals surface area contributed by atoms with Gasteiger partial charge in [0.25, 0.3) is 5.91 Å². The fraction of sp³-hybridized carbons (Fsp3) is 0.500. The van der Waals surface area contributed by atoms with Crippen molar-refractivity contribution in [2.45, 2.75) is 38.6 Å². The van der Waals surface area contributed by atoms with Crippen molar-refractivity contribution >= 4 is 5.91 Å². The number of nitrogens with zero attached hydrogens (tertiary/aromatic N) is 4. The maximum Gasteiger partial charge on any atom is 0.250 e. The summed E-state index contributed by atoms with van der Waals surface area (Å²) in [6.45, 7) is 6.81. The molecule has 2 heterocycles. The molecule has 25 heavy (non-hydrogen) atoms. The summed E-state index contributed by atoms with van der Waals surface area (Å²) in [5.74, 6) is -0.0720. The Labute approximate surface area is 148 Å². The minimum absolute atomic E-state index is 0.0236. The van der Waals surface area contributed by atoms with Gasteiger partial charge in [-0.05, 0) is 19.4 Å². The average molecular weight is 343 g/mol. The Morgan fingerprint density at radius 1 is 1.36 bits per heavy atom. The molecule has 1 amide bonds. The number of rotatable bonds is 6. The third kappa shape index (κ3) is 4.64. The largest absolute Gasteiger partial charge is 0.366 e. The number of ether oxygens (including phenoxy) is 1. The summed E-state index contributed by atoms with van der Waals surface area (Å²) in [6, 6.07) is 10.2. The van der Waals surface area contributed by atoms with Crippen LogP contribution in [0, 0.1) is 0 Å². The number of aromatic nitrogens is 3. The van der Waals surface area contributed by atoms with E-state index in [1.165, 1.54) is 11.9 Å². The number of carbonyl (C=O) groups is 1. The van der Waals surface area contributed by atoms with Crippen molar-refractivity contribution in [2.24, 2.45) is 0 Å². The highest BCUT2D eigenvalue weighted by Crippen LogP contribution is 2.13. The first-order valence-electron chi connectivity index (χ1n) is 8.66. The van der Waals surface area contributed by atoms with Gasteiger partial charge < -0.3 is 10.1 Å². The Hall–Kier alpha value is -2.25. The van der Waals surface area contributed by atoms with E-state index in [2.05, 4.69) is 32.4 Å². The number of amides is 1. The Balaban J connectivity index is 1.53. The summed E-state index contributed by atoms with van der Waals surface area (Å²) in [7, 11) is 0. The van der Waals surface area contributed by atoms with Gasteiger partial charge in [0.15, 0.2) is 0 Å². The molecule has 0 radical (unpaired) electrons. The lowest BCUT2D eigenvalue weighted by atomic mass is 10.1. The zero-order valence-electron chi connectivity index (χ0n) is 14.7. The SMILES string of the molecule is CC(NC(=O)C1CN(Cc2ccccc2)CCO1)C(C)n1cncn1. The summed E-state index contributed by atoms with van der Waals surface area (Å²) < 4.78 is 7.43. The molecular weight excluding hydrogens is 318 g/mol. The fourth-order valence-corrected chi connectivity index (χ4v) is 2.94. The van der Waals surface area contributed by atoms with Crippen molar-refractivity contribution < 1.29 is 9.53 Å². The highest BCUT2D eigenvalue weighted by atomic mass is 16.5. The number of nitrogens with one attached hydrogen (secondary N) is 1. The molecule has 1 N–H and O–H groups in total. The third-order valence-electron chi connectivity index (χ3n) is 4.64. The van der Waals surface area contributed by atoms with Crippen LogP contribution in [0.4, 0.5) is 0 Å². The van der Waals surface area contributed by atoms with Gasteiger partial charge in [0, 0.05) is 25.7 Å². The minimum atomic E-state index is -0.442. The van der Waals surface area contributed by atoms with Gasteiger partial charge in [-0.3, -0.25) is 9.69 Å². The molecule has 1 aliphatic rings. The zero-order chi connectivity index (χ0) is 17.6. The molecule has 7 heteroatoms. The Bertz CT molecular complexity index is 661. The summed E-state index contributed by atoms with van der Waals surface area (Å²) >= 11 is 0. The van der Waals surface area contributed by atoms with E-state index in [9.17, 15) is 4.79 Å². The molecule has 1 saturated heterocycles. The molecule has 0 saturated carbocycles. The van der Waals surface area contributed by atoms with Crippen molar-refractivity contribution in [1.29, 1.82) is 0 Å². The lowest BCUT2D eigenvalue weighted by Crippen LogP contribution is -2.52. The lowest BCUT2D eigenvalue weighted by molar-refractivity contribution is -0.139. The van der Waals surface area contributed by atoms with Crippen molar-refractivity contribution in [3.8, 4) is 0 Å². The maximum atomic E-state index is 12.6. The molecular formula is C18H25N5O2. The standard InChI is InChI=1S/C18H25N5O2/c1-14(15(2)23-13-19-12-20-23)21-18(24)17-11-22(8-9-25-17)10-16-6-4-3-5-7-16/h3-7,12-15,17H,8-11H2,1-2H3,(H,21,24).